The molecule has 0 spiro atoms. The number of aromatic hydroxyl groups is 1. The summed E-state index contributed by atoms with van der Waals surface area (Å²) in [4.78, 5) is 24.8. The van der Waals surface area contributed by atoms with Crippen molar-refractivity contribution in [2.75, 3.05) is 5.32 Å². The first kappa shape index (κ1) is 18.4. The number of aromatic nitrogens is 2. The minimum absolute atomic E-state index is 0.0158. The SMILES string of the molecule is Cc1nn(C)c(C)c1NC(=O)[C@@H](C)OC(=O)c1cc2ccccc2cc1O. The molecule has 27 heavy (non-hydrogen) atoms. The fourth-order valence-electron chi connectivity index (χ4n) is 2.85. The summed E-state index contributed by atoms with van der Waals surface area (Å²) >= 11 is 0. The summed E-state index contributed by atoms with van der Waals surface area (Å²) in [5.74, 6) is -1.42. The van der Waals surface area contributed by atoms with E-state index in [1.165, 1.54) is 13.0 Å². The standard InChI is InChI=1S/C20H21N3O4/c1-11-18(12(2)23(4)22-11)21-19(25)13(3)27-20(26)16-9-14-7-5-6-8-15(14)10-17(16)24/h5-10,13,24H,1-4H3,(H,21,25)/t13-/m1/s1. The van der Waals surface area contributed by atoms with Crippen molar-refractivity contribution in [1.29, 1.82) is 0 Å². The fraction of sp³-hybridized carbons (Fsp3) is 0.250. The molecule has 0 saturated carbocycles. The first-order chi connectivity index (χ1) is 12.8. The molecule has 0 aliphatic heterocycles. The Hall–Kier alpha value is -3.35. The van der Waals surface area contributed by atoms with E-state index >= 15 is 0 Å². The van der Waals surface area contributed by atoms with E-state index in [4.69, 9.17) is 4.74 Å². The molecule has 2 aromatic carbocycles. The molecule has 0 aliphatic carbocycles. The van der Waals surface area contributed by atoms with Gasteiger partial charge in [0.2, 0.25) is 0 Å². The fourth-order valence-corrected chi connectivity index (χ4v) is 2.85. The summed E-state index contributed by atoms with van der Waals surface area (Å²) < 4.78 is 6.91. The Balaban J connectivity index is 1.75. The average molecular weight is 367 g/mol. The molecule has 1 heterocycles. The van der Waals surface area contributed by atoms with Crippen LogP contribution < -0.4 is 5.32 Å². The third kappa shape index (κ3) is 3.62. The molecule has 0 fully saturated rings. The lowest BCUT2D eigenvalue weighted by Gasteiger charge is -2.14. The molecule has 7 heteroatoms. The van der Waals surface area contributed by atoms with Crippen molar-refractivity contribution < 1.29 is 19.4 Å². The number of aryl methyl sites for hydroxylation is 2. The zero-order chi connectivity index (χ0) is 19.7. The Morgan fingerprint density at radius 1 is 1.19 bits per heavy atom. The number of phenolic OH excluding ortho intramolecular Hbond substituents is 1. The number of benzene rings is 2. The summed E-state index contributed by atoms with van der Waals surface area (Å²) in [5.41, 5.74) is 2.08. The maximum absolute atomic E-state index is 12.4. The molecule has 0 bridgehead atoms. The summed E-state index contributed by atoms with van der Waals surface area (Å²) in [6, 6.07) is 10.4. The molecule has 0 unspecified atom stereocenters. The Morgan fingerprint density at radius 3 is 2.41 bits per heavy atom. The van der Waals surface area contributed by atoms with Crippen LogP contribution in [-0.4, -0.2) is 32.9 Å². The molecule has 0 aliphatic rings. The lowest BCUT2D eigenvalue weighted by molar-refractivity contribution is -0.123. The average Bonchev–Trinajstić information content (AvgIpc) is 2.87. The van der Waals surface area contributed by atoms with E-state index in [0.717, 1.165) is 16.5 Å². The van der Waals surface area contributed by atoms with Crippen molar-refractivity contribution in [2.45, 2.75) is 26.9 Å². The Labute approximate surface area is 156 Å². The molecule has 0 radical (unpaired) electrons. The predicted octanol–water partition coefficient (Wildman–Crippen LogP) is 3.08. The minimum Gasteiger partial charge on any atom is -0.507 e. The minimum atomic E-state index is -1.04. The van der Waals surface area contributed by atoms with Gasteiger partial charge in [-0.15, -0.1) is 0 Å². The summed E-state index contributed by atoms with van der Waals surface area (Å²) in [5, 5.41) is 18.7. The van der Waals surface area contributed by atoms with Gasteiger partial charge in [0.25, 0.3) is 5.91 Å². The monoisotopic (exact) mass is 367 g/mol. The third-order valence-corrected chi connectivity index (χ3v) is 4.49. The van der Waals surface area contributed by atoms with E-state index in [0.29, 0.717) is 11.4 Å². The van der Waals surface area contributed by atoms with Crippen molar-refractivity contribution in [3.8, 4) is 5.75 Å². The van der Waals surface area contributed by atoms with Gasteiger partial charge in [-0.3, -0.25) is 9.48 Å². The molecular weight excluding hydrogens is 346 g/mol. The van der Waals surface area contributed by atoms with E-state index in [2.05, 4.69) is 10.4 Å². The van der Waals surface area contributed by atoms with Gasteiger partial charge in [-0.25, -0.2) is 4.79 Å². The number of phenols is 1. The Morgan fingerprint density at radius 2 is 1.81 bits per heavy atom. The maximum Gasteiger partial charge on any atom is 0.342 e. The molecule has 1 aromatic heterocycles. The van der Waals surface area contributed by atoms with E-state index < -0.39 is 18.0 Å². The van der Waals surface area contributed by atoms with Crippen molar-refractivity contribution in [3.63, 3.8) is 0 Å². The number of esters is 1. The number of carbonyl (C=O) groups is 2. The van der Waals surface area contributed by atoms with Crippen LogP contribution in [0.25, 0.3) is 10.8 Å². The summed E-state index contributed by atoms with van der Waals surface area (Å²) in [6.07, 6.45) is -1.04. The molecule has 1 atom stereocenters. The Bertz CT molecular complexity index is 1040. The predicted molar refractivity (Wildman–Crippen MR) is 102 cm³/mol. The van der Waals surface area contributed by atoms with Crippen LogP contribution in [0.5, 0.6) is 5.75 Å². The highest BCUT2D eigenvalue weighted by molar-refractivity contribution is 6.01. The van der Waals surface area contributed by atoms with Crippen LogP contribution in [0.2, 0.25) is 0 Å². The van der Waals surface area contributed by atoms with Gasteiger partial charge in [0, 0.05) is 7.05 Å². The lowest BCUT2D eigenvalue weighted by Crippen LogP contribution is -2.30. The number of hydrogen-bond donors (Lipinski definition) is 2. The van der Waals surface area contributed by atoms with E-state index in [1.807, 2.05) is 31.2 Å². The molecule has 0 saturated heterocycles. The van der Waals surface area contributed by atoms with Gasteiger partial charge >= 0.3 is 5.97 Å². The highest BCUT2D eigenvalue weighted by Gasteiger charge is 2.23. The normalized spacial score (nSPS) is 12.0. The van der Waals surface area contributed by atoms with Crippen molar-refractivity contribution in [3.05, 3.63) is 53.3 Å². The van der Waals surface area contributed by atoms with E-state index in [9.17, 15) is 14.7 Å². The van der Waals surface area contributed by atoms with E-state index in [-0.39, 0.29) is 11.3 Å². The quantitative estimate of drug-likeness (QED) is 0.691. The molecular formula is C20H21N3O4. The van der Waals surface area contributed by atoms with Crippen molar-refractivity contribution in [1.82, 2.24) is 9.78 Å². The van der Waals surface area contributed by atoms with Gasteiger partial charge in [-0.1, -0.05) is 24.3 Å². The summed E-state index contributed by atoms with van der Waals surface area (Å²) in [6.45, 7) is 5.10. The smallest absolute Gasteiger partial charge is 0.342 e. The largest absolute Gasteiger partial charge is 0.507 e. The second-order valence-corrected chi connectivity index (χ2v) is 6.42. The third-order valence-electron chi connectivity index (χ3n) is 4.49. The molecule has 7 nitrogen and oxygen atoms in total. The number of nitrogens with one attached hydrogen (secondary N) is 1. The number of nitrogens with zero attached hydrogens (tertiary/aromatic N) is 2. The first-order valence-electron chi connectivity index (χ1n) is 8.51. The maximum atomic E-state index is 12.4. The van der Waals surface area contributed by atoms with Gasteiger partial charge in [-0.2, -0.15) is 5.10 Å². The van der Waals surface area contributed by atoms with Crippen LogP contribution >= 0.6 is 0 Å². The van der Waals surface area contributed by atoms with Gasteiger partial charge in [0.15, 0.2) is 6.10 Å². The number of fused-ring (bicyclic) bond motifs is 1. The zero-order valence-electron chi connectivity index (χ0n) is 15.6. The second kappa shape index (κ2) is 7.11. The first-order valence-corrected chi connectivity index (χ1v) is 8.51. The number of carbonyl (C=O) groups excluding carboxylic acids is 2. The highest BCUT2D eigenvalue weighted by Crippen LogP contribution is 2.26. The number of rotatable bonds is 4. The highest BCUT2D eigenvalue weighted by atomic mass is 16.5. The topological polar surface area (TPSA) is 93.5 Å². The van der Waals surface area contributed by atoms with E-state index in [1.54, 1.807) is 24.7 Å². The molecule has 140 valence electrons. The Kier molecular flexibility index (Phi) is 4.85. The van der Waals surface area contributed by atoms with Crippen LogP contribution in [-0.2, 0) is 16.6 Å². The van der Waals surface area contributed by atoms with Crippen LogP contribution in [0, 0.1) is 13.8 Å². The van der Waals surface area contributed by atoms with Crippen LogP contribution in [0.1, 0.15) is 28.7 Å². The molecule has 2 N–H and O–H groups in total. The summed E-state index contributed by atoms with van der Waals surface area (Å²) in [7, 11) is 1.78. The molecule has 3 rings (SSSR count). The van der Waals surface area contributed by atoms with Crippen LogP contribution in [0.15, 0.2) is 36.4 Å². The number of anilines is 1. The lowest BCUT2D eigenvalue weighted by atomic mass is 10.1. The van der Waals surface area contributed by atoms with Crippen molar-refractivity contribution in [2.24, 2.45) is 7.05 Å². The van der Waals surface area contributed by atoms with Gasteiger partial charge < -0.3 is 15.2 Å². The zero-order valence-corrected chi connectivity index (χ0v) is 15.6. The van der Waals surface area contributed by atoms with Crippen LogP contribution in [0.4, 0.5) is 5.69 Å². The number of hydrogen-bond acceptors (Lipinski definition) is 5. The van der Waals surface area contributed by atoms with Gasteiger partial charge in [0.1, 0.15) is 11.3 Å². The van der Waals surface area contributed by atoms with Gasteiger partial charge in [0.05, 0.1) is 17.1 Å². The number of amides is 1. The van der Waals surface area contributed by atoms with Crippen molar-refractivity contribution >= 4 is 28.3 Å². The number of ether oxygens (including phenoxy) is 1. The second-order valence-electron chi connectivity index (χ2n) is 6.42. The molecule has 3 aromatic rings. The molecule has 1 amide bonds. The van der Waals surface area contributed by atoms with Crippen LogP contribution in [0.3, 0.4) is 0 Å². The van der Waals surface area contributed by atoms with Gasteiger partial charge in [-0.05, 0) is 43.7 Å².